The molecule has 188 valence electrons. The fraction of sp³-hybridized carbons (Fsp3) is 0.167. The van der Waals surface area contributed by atoms with Gasteiger partial charge in [-0.3, -0.25) is 14.6 Å². The number of hydrogen-bond donors (Lipinski definition) is 1. The number of aromatic nitrogens is 1. The van der Waals surface area contributed by atoms with Crippen LogP contribution >= 0.6 is 11.6 Å². The lowest BCUT2D eigenvalue weighted by Crippen LogP contribution is -2.51. The van der Waals surface area contributed by atoms with Crippen molar-refractivity contribution in [2.75, 3.05) is 6.61 Å². The van der Waals surface area contributed by atoms with E-state index in [2.05, 4.69) is 10.3 Å². The van der Waals surface area contributed by atoms with Gasteiger partial charge in [0, 0.05) is 31.9 Å². The second-order valence-electron chi connectivity index (χ2n) is 8.51. The van der Waals surface area contributed by atoms with Gasteiger partial charge in [0.05, 0.1) is 5.02 Å². The first-order chi connectivity index (χ1) is 18.1. The fourth-order valence-electron chi connectivity index (χ4n) is 3.93. The second-order valence-corrected chi connectivity index (χ2v) is 8.92. The first kappa shape index (κ1) is 25.9. The molecule has 4 aromatic rings. The van der Waals surface area contributed by atoms with Crippen LogP contribution in [-0.4, -0.2) is 34.3 Å². The van der Waals surface area contributed by atoms with E-state index in [1.165, 1.54) is 0 Å². The predicted molar refractivity (Wildman–Crippen MR) is 144 cm³/mol. The molecule has 1 atom stereocenters. The van der Waals surface area contributed by atoms with Gasteiger partial charge in [-0.25, -0.2) is 0 Å². The van der Waals surface area contributed by atoms with E-state index in [0.717, 1.165) is 16.7 Å². The smallest absolute Gasteiger partial charge is 0.261 e. The summed E-state index contributed by atoms with van der Waals surface area (Å²) >= 11 is 6.22. The lowest BCUT2D eigenvalue weighted by atomic mass is 10.0. The van der Waals surface area contributed by atoms with Crippen LogP contribution in [-0.2, 0) is 29.1 Å². The maximum absolute atomic E-state index is 13.6. The van der Waals surface area contributed by atoms with Crippen LogP contribution in [0.15, 0.2) is 109 Å². The molecular formula is C30H28ClN3O3. The number of nitrogens with zero attached hydrogens (tertiary/aromatic N) is 2. The van der Waals surface area contributed by atoms with Gasteiger partial charge in [0.1, 0.15) is 11.8 Å². The summed E-state index contributed by atoms with van der Waals surface area (Å²) in [6.45, 7) is 0.308. The summed E-state index contributed by atoms with van der Waals surface area (Å²) in [4.78, 5) is 32.9. The van der Waals surface area contributed by atoms with Crippen molar-refractivity contribution in [1.82, 2.24) is 15.2 Å². The maximum atomic E-state index is 13.6. The number of carbonyl (C=O) groups is 2. The van der Waals surface area contributed by atoms with Crippen molar-refractivity contribution in [1.29, 1.82) is 0 Å². The predicted octanol–water partition coefficient (Wildman–Crippen LogP) is 5.07. The molecule has 2 amide bonds. The van der Waals surface area contributed by atoms with Crippen molar-refractivity contribution in [3.8, 4) is 5.75 Å². The Morgan fingerprint density at radius 2 is 1.49 bits per heavy atom. The highest BCUT2D eigenvalue weighted by Gasteiger charge is 2.30. The highest BCUT2D eigenvalue weighted by atomic mass is 35.5. The number of carbonyl (C=O) groups excluding carboxylic acids is 2. The quantitative estimate of drug-likeness (QED) is 0.304. The monoisotopic (exact) mass is 513 g/mol. The maximum Gasteiger partial charge on any atom is 0.261 e. The van der Waals surface area contributed by atoms with Crippen LogP contribution in [0.25, 0.3) is 0 Å². The van der Waals surface area contributed by atoms with Crippen molar-refractivity contribution in [2.45, 2.75) is 25.6 Å². The standard InChI is InChI=1S/C30H28ClN3O3/c31-26-15-7-8-16-28(26)37-22-29(35)34(21-24-12-5-2-6-13-24)27(18-23-10-3-1-4-11-23)30(36)33-20-25-14-9-17-32-19-25/h1-17,19,27H,18,20-22H2,(H,33,36)/t27-/m1/s1. The summed E-state index contributed by atoms with van der Waals surface area (Å²) in [5.41, 5.74) is 2.73. The summed E-state index contributed by atoms with van der Waals surface area (Å²) in [5.74, 6) is -0.159. The molecule has 0 bridgehead atoms. The first-order valence-corrected chi connectivity index (χ1v) is 12.4. The molecule has 0 radical (unpaired) electrons. The number of amides is 2. The lowest BCUT2D eigenvalue weighted by Gasteiger charge is -2.31. The van der Waals surface area contributed by atoms with Gasteiger partial charge >= 0.3 is 0 Å². The fourth-order valence-corrected chi connectivity index (χ4v) is 4.12. The minimum absolute atomic E-state index is 0.252. The molecule has 7 heteroatoms. The van der Waals surface area contributed by atoms with E-state index in [4.69, 9.17) is 16.3 Å². The van der Waals surface area contributed by atoms with Crippen LogP contribution in [0.1, 0.15) is 16.7 Å². The third-order valence-corrected chi connectivity index (χ3v) is 6.16. The third kappa shape index (κ3) is 7.66. The molecule has 3 aromatic carbocycles. The molecule has 0 saturated heterocycles. The minimum Gasteiger partial charge on any atom is -0.482 e. The Bertz CT molecular complexity index is 1290. The highest BCUT2D eigenvalue weighted by Crippen LogP contribution is 2.23. The number of para-hydroxylation sites is 1. The molecule has 37 heavy (non-hydrogen) atoms. The van der Waals surface area contributed by atoms with E-state index in [9.17, 15) is 9.59 Å². The van der Waals surface area contributed by atoms with Crippen LogP contribution in [0.3, 0.4) is 0 Å². The average Bonchev–Trinajstić information content (AvgIpc) is 2.94. The lowest BCUT2D eigenvalue weighted by molar-refractivity contribution is -0.142. The van der Waals surface area contributed by atoms with Crippen LogP contribution in [0.5, 0.6) is 5.75 Å². The molecule has 0 spiro atoms. The number of pyridine rings is 1. The SMILES string of the molecule is O=C(NCc1cccnc1)[C@@H](Cc1ccccc1)N(Cc1ccccc1)C(=O)COc1ccccc1Cl. The van der Waals surface area contributed by atoms with Crippen LogP contribution in [0.4, 0.5) is 0 Å². The van der Waals surface area contributed by atoms with Crippen molar-refractivity contribution >= 4 is 23.4 Å². The van der Waals surface area contributed by atoms with Crippen LogP contribution in [0, 0.1) is 0 Å². The molecule has 6 nitrogen and oxygen atoms in total. The molecule has 0 saturated carbocycles. The van der Waals surface area contributed by atoms with E-state index < -0.39 is 6.04 Å². The van der Waals surface area contributed by atoms with Gasteiger partial charge in [-0.2, -0.15) is 0 Å². The van der Waals surface area contributed by atoms with Gasteiger partial charge in [-0.1, -0.05) is 90.5 Å². The highest BCUT2D eigenvalue weighted by molar-refractivity contribution is 6.32. The molecule has 0 aliphatic rings. The zero-order valence-electron chi connectivity index (χ0n) is 20.3. The molecule has 1 N–H and O–H groups in total. The number of ether oxygens (including phenoxy) is 1. The Hall–Kier alpha value is -4.16. The first-order valence-electron chi connectivity index (χ1n) is 12.0. The molecule has 0 fully saturated rings. The Balaban J connectivity index is 1.60. The summed E-state index contributed by atoms with van der Waals surface area (Å²) < 4.78 is 5.76. The van der Waals surface area contributed by atoms with Gasteiger partial charge in [0.25, 0.3) is 5.91 Å². The van der Waals surface area contributed by atoms with E-state index in [1.54, 1.807) is 41.6 Å². The zero-order valence-corrected chi connectivity index (χ0v) is 21.1. The molecule has 0 unspecified atom stereocenters. The van der Waals surface area contributed by atoms with Gasteiger partial charge in [0.15, 0.2) is 6.61 Å². The average molecular weight is 514 g/mol. The molecular weight excluding hydrogens is 486 g/mol. The van der Waals surface area contributed by atoms with Crippen molar-refractivity contribution in [3.63, 3.8) is 0 Å². The summed E-state index contributed by atoms with van der Waals surface area (Å²) in [6.07, 6.45) is 3.74. The topological polar surface area (TPSA) is 71.5 Å². The van der Waals surface area contributed by atoms with E-state index in [1.807, 2.05) is 72.8 Å². The van der Waals surface area contributed by atoms with Crippen molar-refractivity contribution in [3.05, 3.63) is 131 Å². The Morgan fingerprint density at radius 1 is 0.838 bits per heavy atom. The van der Waals surface area contributed by atoms with Gasteiger partial charge < -0.3 is 15.0 Å². The summed E-state index contributed by atoms with van der Waals surface area (Å²) in [7, 11) is 0. The molecule has 1 aromatic heterocycles. The zero-order chi connectivity index (χ0) is 25.9. The largest absolute Gasteiger partial charge is 0.482 e. The molecule has 0 aliphatic heterocycles. The van der Waals surface area contributed by atoms with Gasteiger partial charge in [0.2, 0.25) is 5.91 Å². The molecule has 0 aliphatic carbocycles. The summed E-state index contributed by atoms with van der Waals surface area (Å²) in [6, 6.07) is 29.2. The molecule has 1 heterocycles. The Kier molecular flexibility index (Phi) is 9.27. The van der Waals surface area contributed by atoms with E-state index in [0.29, 0.717) is 23.7 Å². The van der Waals surface area contributed by atoms with Gasteiger partial charge in [-0.05, 0) is 34.9 Å². The van der Waals surface area contributed by atoms with Crippen molar-refractivity contribution in [2.24, 2.45) is 0 Å². The van der Waals surface area contributed by atoms with Gasteiger partial charge in [-0.15, -0.1) is 0 Å². The Labute approximate surface area is 221 Å². The normalized spacial score (nSPS) is 11.4. The van der Waals surface area contributed by atoms with Crippen LogP contribution < -0.4 is 10.1 Å². The number of nitrogens with one attached hydrogen (secondary N) is 1. The summed E-state index contributed by atoms with van der Waals surface area (Å²) in [5, 5.41) is 3.41. The number of rotatable bonds is 11. The number of benzene rings is 3. The number of halogens is 1. The molecule has 4 rings (SSSR count). The second kappa shape index (κ2) is 13.2. The minimum atomic E-state index is -0.762. The Morgan fingerprint density at radius 3 is 2.16 bits per heavy atom. The van der Waals surface area contributed by atoms with E-state index >= 15 is 0 Å². The number of hydrogen-bond acceptors (Lipinski definition) is 4. The van der Waals surface area contributed by atoms with E-state index in [-0.39, 0.29) is 25.0 Å². The van der Waals surface area contributed by atoms with Crippen molar-refractivity contribution < 1.29 is 14.3 Å². The third-order valence-electron chi connectivity index (χ3n) is 5.84. The van der Waals surface area contributed by atoms with Crippen LogP contribution in [0.2, 0.25) is 5.02 Å².